The zero-order valence-electron chi connectivity index (χ0n) is 27.5. The highest BCUT2D eigenvalue weighted by Crippen LogP contribution is 2.35. The van der Waals surface area contributed by atoms with Crippen LogP contribution in [0.25, 0.3) is 0 Å². The van der Waals surface area contributed by atoms with Crippen molar-refractivity contribution in [2.24, 2.45) is 77.3 Å². The summed E-state index contributed by atoms with van der Waals surface area (Å²) < 4.78 is 0. The maximum atomic E-state index is 12.7. The van der Waals surface area contributed by atoms with Gasteiger partial charge in [0.1, 0.15) is 0 Å². The van der Waals surface area contributed by atoms with E-state index >= 15 is 0 Å². The molecule has 0 saturated heterocycles. The predicted octanol–water partition coefficient (Wildman–Crippen LogP) is -6.94. The number of nitrogens with two attached hydrogens (primary N) is 10. The van der Waals surface area contributed by atoms with Gasteiger partial charge in [-0.05, 0) is 25.7 Å². The Morgan fingerprint density at radius 1 is 0.396 bits per heavy atom. The van der Waals surface area contributed by atoms with Crippen LogP contribution in [0.2, 0.25) is 0 Å². The summed E-state index contributed by atoms with van der Waals surface area (Å²) in [7, 11) is 0. The molecule has 0 aliphatic rings. The van der Waals surface area contributed by atoms with E-state index in [1.54, 1.807) is 0 Å². The molecule has 0 fully saturated rings. The van der Waals surface area contributed by atoms with E-state index in [-0.39, 0.29) is 151 Å². The standard InChI is InChI=1S/C26H56N18O4/c27-21(28)41-13-9-37-17(45)1-5-25(35,6-2-18(46)38-10-14-42-22(29)30)26(36,7-3-19(47)39-11-15-43-23(31)32)8-4-20(48)40-12-16-44-24(33)34/h1-16,35-36H2,(H,37,45)(H,38,46)(H,39,47)(H,40,48)(H4,27,28,41)(H4,29,30,42)(H4,31,32,43)(H4,33,34,44). The van der Waals surface area contributed by atoms with Crippen LogP contribution in [-0.4, -0.2) is 111 Å². The Morgan fingerprint density at radius 3 is 0.750 bits per heavy atom. The summed E-state index contributed by atoms with van der Waals surface area (Å²) in [5.74, 6) is -1.93. The van der Waals surface area contributed by atoms with Gasteiger partial charge in [0, 0.05) is 62.9 Å². The van der Waals surface area contributed by atoms with Crippen molar-refractivity contribution in [1.82, 2.24) is 21.3 Å². The second-order valence-electron chi connectivity index (χ2n) is 10.9. The van der Waals surface area contributed by atoms with Gasteiger partial charge in [-0.1, -0.05) is 0 Å². The van der Waals surface area contributed by atoms with E-state index in [1.807, 2.05) is 0 Å². The normalized spacial score (nSPS) is 11.0. The average molecular weight is 685 g/mol. The third-order valence-electron chi connectivity index (χ3n) is 7.10. The molecule has 0 aliphatic carbocycles. The SMILES string of the molecule is NC(N)=NCCNC(=O)CCC(N)(CCC(=O)NCCN=C(N)N)C(N)(CCC(=O)NCCN=C(N)N)CCC(=O)NCCN=C(N)N. The van der Waals surface area contributed by atoms with Gasteiger partial charge in [-0.15, -0.1) is 0 Å². The van der Waals surface area contributed by atoms with Gasteiger partial charge in [0.25, 0.3) is 0 Å². The van der Waals surface area contributed by atoms with Crippen LogP contribution in [0.5, 0.6) is 0 Å². The summed E-state index contributed by atoms with van der Waals surface area (Å²) >= 11 is 0. The van der Waals surface area contributed by atoms with Gasteiger partial charge in [0.15, 0.2) is 23.8 Å². The Labute approximate surface area is 280 Å². The van der Waals surface area contributed by atoms with Crippen molar-refractivity contribution in [3.05, 3.63) is 0 Å². The van der Waals surface area contributed by atoms with E-state index in [4.69, 9.17) is 57.3 Å². The van der Waals surface area contributed by atoms with Crippen LogP contribution in [0, 0.1) is 0 Å². The third kappa shape index (κ3) is 20.8. The number of amides is 4. The maximum Gasteiger partial charge on any atom is 0.220 e. The molecule has 0 aromatic heterocycles. The van der Waals surface area contributed by atoms with Gasteiger partial charge in [0.05, 0.1) is 26.2 Å². The van der Waals surface area contributed by atoms with Crippen LogP contribution >= 0.6 is 0 Å². The van der Waals surface area contributed by atoms with Crippen molar-refractivity contribution >= 4 is 47.5 Å². The van der Waals surface area contributed by atoms with Gasteiger partial charge in [0.2, 0.25) is 23.6 Å². The number of aliphatic imine (C=N–C) groups is 4. The fourth-order valence-corrected chi connectivity index (χ4v) is 4.47. The molecule has 0 aromatic rings. The van der Waals surface area contributed by atoms with Crippen molar-refractivity contribution in [3.8, 4) is 0 Å². The fraction of sp³-hybridized carbons (Fsp3) is 0.692. The molecular weight excluding hydrogens is 628 g/mol. The van der Waals surface area contributed by atoms with E-state index in [9.17, 15) is 19.2 Å². The minimum absolute atomic E-state index is 0.0110. The van der Waals surface area contributed by atoms with Crippen molar-refractivity contribution in [2.75, 3.05) is 52.4 Å². The van der Waals surface area contributed by atoms with Gasteiger partial charge < -0.3 is 78.6 Å². The molecule has 0 spiro atoms. The number of nitrogens with one attached hydrogen (secondary N) is 4. The van der Waals surface area contributed by atoms with Gasteiger partial charge >= 0.3 is 0 Å². The first kappa shape index (κ1) is 42.9. The maximum absolute atomic E-state index is 12.7. The van der Waals surface area contributed by atoms with Crippen LogP contribution in [0.4, 0.5) is 0 Å². The summed E-state index contributed by atoms with van der Waals surface area (Å²) in [6.45, 7) is 1.33. The molecule has 0 heterocycles. The topological polar surface area (TPSA) is 426 Å². The molecule has 24 N–H and O–H groups in total. The number of hydrogen-bond acceptors (Lipinski definition) is 10. The predicted molar refractivity (Wildman–Crippen MR) is 186 cm³/mol. The molecule has 0 aliphatic heterocycles. The molecule has 0 unspecified atom stereocenters. The fourth-order valence-electron chi connectivity index (χ4n) is 4.47. The Balaban J connectivity index is 6.01. The van der Waals surface area contributed by atoms with E-state index in [1.165, 1.54) is 0 Å². The summed E-state index contributed by atoms with van der Waals surface area (Å²) in [5, 5.41) is 10.8. The second-order valence-corrected chi connectivity index (χ2v) is 10.9. The summed E-state index contributed by atoms with van der Waals surface area (Å²) in [5.41, 5.74) is 53.7. The molecule has 0 atom stereocenters. The van der Waals surface area contributed by atoms with E-state index in [0.29, 0.717) is 0 Å². The minimum Gasteiger partial charge on any atom is -0.370 e. The molecule has 48 heavy (non-hydrogen) atoms. The molecule has 4 amide bonds. The lowest BCUT2D eigenvalue weighted by Crippen LogP contribution is -2.66. The van der Waals surface area contributed by atoms with Gasteiger partial charge in [-0.25, -0.2) is 0 Å². The molecule has 0 aromatic carbocycles. The molecule has 22 nitrogen and oxygen atoms in total. The van der Waals surface area contributed by atoms with Crippen molar-refractivity contribution < 1.29 is 19.2 Å². The third-order valence-corrected chi connectivity index (χ3v) is 7.10. The van der Waals surface area contributed by atoms with Crippen molar-refractivity contribution in [1.29, 1.82) is 0 Å². The Bertz CT molecular complexity index is 972. The largest absolute Gasteiger partial charge is 0.370 e. The van der Waals surface area contributed by atoms with Crippen LogP contribution in [-0.2, 0) is 19.2 Å². The molecule has 0 bridgehead atoms. The zero-order chi connectivity index (χ0) is 36.6. The van der Waals surface area contributed by atoms with E-state index in [2.05, 4.69) is 41.2 Å². The van der Waals surface area contributed by atoms with Crippen LogP contribution in [0.1, 0.15) is 51.4 Å². The minimum atomic E-state index is -1.40. The smallest absolute Gasteiger partial charge is 0.220 e. The Morgan fingerprint density at radius 2 is 0.583 bits per heavy atom. The first-order chi connectivity index (χ1) is 22.5. The summed E-state index contributed by atoms with van der Waals surface area (Å²) in [6, 6.07) is 0. The van der Waals surface area contributed by atoms with Gasteiger partial charge in [-0.3, -0.25) is 39.1 Å². The average Bonchev–Trinajstić information content (AvgIpc) is 3.01. The van der Waals surface area contributed by atoms with Crippen LogP contribution < -0.4 is 78.6 Å². The molecule has 0 radical (unpaired) electrons. The molecular formula is C26H56N18O4. The van der Waals surface area contributed by atoms with Crippen LogP contribution in [0.3, 0.4) is 0 Å². The van der Waals surface area contributed by atoms with Crippen LogP contribution in [0.15, 0.2) is 20.0 Å². The first-order valence-corrected chi connectivity index (χ1v) is 15.4. The quantitative estimate of drug-likeness (QED) is 0.0241. The summed E-state index contributed by atoms with van der Waals surface area (Å²) in [4.78, 5) is 66.2. The van der Waals surface area contributed by atoms with Crippen molar-refractivity contribution in [2.45, 2.75) is 62.4 Å². The lowest BCUT2D eigenvalue weighted by atomic mass is 9.67. The monoisotopic (exact) mass is 684 g/mol. The van der Waals surface area contributed by atoms with E-state index < -0.39 is 11.1 Å². The lowest BCUT2D eigenvalue weighted by Gasteiger charge is -2.47. The number of guanidine groups is 4. The zero-order valence-corrected chi connectivity index (χ0v) is 27.5. The molecule has 0 rings (SSSR count). The Kier molecular flexibility index (Phi) is 20.8. The highest BCUT2D eigenvalue weighted by molar-refractivity contribution is 5.79. The first-order valence-electron chi connectivity index (χ1n) is 15.4. The number of rotatable bonds is 25. The number of carbonyl (C=O) groups excluding carboxylic acids is 4. The molecule has 0 saturated carbocycles. The number of carbonyl (C=O) groups is 4. The molecule has 274 valence electrons. The number of nitrogens with zero attached hydrogens (tertiary/aromatic N) is 4. The lowest BCUT2D eigenvalue weighted by molar-refractivity contribution is -0.124. The van der Waals surface area contributed by atoms with Gasteiger partial charge in [-0.2, -0.15) is 0 Å². The number of hydrogen-bond donors (Lipinski definition) is 14. The second kappa shape index (κ2) is 23.2. The highest BCUT2D eigenvalue weighted by atomic mass is 16.2. The van der Waals surface area contributed by atoms with Crippen molar-refractivity contribution in [3.63, 3.8) is 0 Å². The van der Waals surface area contributed by atoms with E-state index in [0.717, 1.165) is 0 Å². The summed E-state index contributed by atoms with van der Waals surface area (Å²) in [6.07, 6.45) is -0.294. The Hall–Kier alpha value is -5.12. The molecule has 22 heteroatoms. The highest BCUT2D eigenvalue weighted by Gasteiger charge is 2.46.